The lowest BCUT2D eigenvalue weighted by molar-refractivity contribution is 0.175. The van der Waals surface area contributed by atoms with Gasteiger partial charge in [0.2, 0.25) is 5.95 Å². The Labute approximate surface area is 174 Å². The minimum atomic E-state index is -0.334. The normalized spacial score (nSPS) is 15.6. The molecule has 0 bridgehead atoms. The zero-order chi connectivity index (χ0) is 20.2. The largest absolute Gasteiger partial charge is 0.300 e. The van der Waals surface area contributed by atoms with Gasteiger partial charge in [-0.3, -0.25) is 9.88 Å². The van der Waals surface area contributed by atoms with Gasteiger partial charge in [-0.05, 0) is 63.7 Å². The molecule has 0 unspecified atom stereocenters. The van der Waals surface area contributed by atoms with Gasteiger partial charge in [0.1, 0.15) is 0 Å². The first-order valence-corrected chi connectivity index (χ1v) is 10.7. The summed E-state index contributed by atoms with van der Waals surface area (Å²) in [6.07, 6.45) is 7.72. The maximum atomic E-state index is 14.3. The van der Waals surface area contributed by atoms with E-state index in [2.05, 4.69) is 42.3 Å². The van der Waals surface area contributed by atoms with Crippen LogP contribution in [-0.2, 0) is 13.0 Å². The first-order valence-electron chi connectivity index (χ1n) is 9.90. The molecular weight excluding hydrogens is 387 g/mol. The number of aryl methyl sites for hydroxylation is 2. The smallest absolute Gasteiger partial charge is 0.229 e. The lowest BCUT2D eigenvalue weighted by Gasteiger charge is -2.31. The lowest BCUT2D eigenvalue weighted by atomic mass is 9.92. The summed E-state index contributed by atoms with van der Waals surface area (Å²) in [5.74, 6) is 0.501. The van der Waals surface area contributed by atoms with Crippen molar-refractivity contribution in [1.29, 1.82) is 0 Å². The molecule has 0 amide bonds. The van der Waals surface area contributed by atoms with Gasteiger partial charge in [0.15, 0.2) is 10.9 Å². The topological polar surface area (TPSA) is 66.8 Å². The first kappa shape index (κ1) is 19.8. The molecule has 152 valence electrons. The van der Waals surface area contributed by atoms with Gasteiger partial charge in [0, 0.05) is 29.5 Å². The molecule has 1 fully saturated rings. The van der Waals surface area contributed by atoms with Crippen molar-refractivity contribution in [3.05, 3.63) is 58.4 Å². The zero-order valence-electron chi connectivity index (χ0n) is 16.7. The van der Waals surface area contributed by atoms with Crippen molar-refractivity contribution in [2.24, 2.45) is 5.92 Å². The highest BCUT2D eigenvalue weighted by atomic mass is 32.1. The molecule has 29 heavy (non-hydrogen) atoms. The van der Waals surface area contributed by atoms with Crippen LogP contribution in [-0.4, -0.2) is 37.9 Å². The third kappa shape index (κ3) is 5.33. The number of hydrogen-bond donors (Lipinski definition) is 1. The van der Waals surface area contributed by atoms with Crippen LogP contribution < -0.4 is 5.32 Å². The van der Waals surface area contributed by atoms with Crippen LogP contribution in [0.4, 0.5) is 15.5 Å². The summed E-state index contributed by atoms with van der Waals surface area (Å²) < 4.78 is 14.3. The SMILES string of the molecule is Cc1ccc(CN2CCC(Cc3nc(Nc4ncc(C)s4)ncc3F)CC2)cn1. The summed E-state index contributed by atoms with van der Waals surface area (Å²) in [6.45, 7) is 6.93. The summed E-state index contributed by atoms with van der Waals surface area (Å²) >= 11 is 1.52. The first-order chi connectivity index (χ1) is 14.0. The van der Waals surface area contributed by atoms with E-state index < -0.39 is 0 Å². The van der Waals surface area contributed by atoms with Gasteiger partial charge in [0.05, 0.1) is 11.9 Å². The van der Waals surface area contributed by atoms with Gasteiger partial charge in [-0.1, -0.05) is 6.07 Å². The molecule has 4 rings (SSSR count). The monoisotopic (exact) mass is 412 g/mol. The van der Waals surface area contributed by atoms with Crippen LogP contribution in [0.25, 0.3) is 0 Å². The van der Waals surface area contributed by atoms with Crippen LogP contribution in [0.5, 0.6) is 0 Å². The Balaban J connectivity index is 1.32. The van der Waals surface area contributed by atoms with Gasteiger partial charge < -0.3 is 5.32 Å². The van der Waals surface area contributed by atoms with Crippen molar-refractivity contribution in [3.8, 4) is 0 Å². The van der Waals surface area contributed by atoms with Crippen molar-refractivity contribution in [1.82, 2.24) is 24.8 Å². The van der Waals surface area contributed by atoms with E-state index in [1.807, 2.05) is 20.0 Å². The van der Waals surface area contributed by atoms with Crippen LogP contribution >= 0.6 is 11.3 Å². The van der Waals surface area contributed by atoms with Gasteiger partial charge in [-0.2, -0.15) is 0 Å². The molecule has 3 aromatic rings. The summed E-state index contributed by atoms with van der Waals surface area (Å²) in [5, 5.41) is 3.79. The number of piperidine rings is 1. The van der Waals surface area contributed by atoms with Gasteiger partial charge in [-0.25, -0.2) is 19.3 Å². The average Bonchev–Trinajstić information content (AvgIpc) is 3.12. The third-order valence-corrected chi connectivity index (χ3v) is 6.05. The molecule has 0 aromatic carbocycles. The van der Waals surface area contributed by atoms with E-state index in [-0.39, 0.29) is 5.82 Å². The highest BCUT2D eigenvalue weighted by molar-refractivity contribution is 7.15. The fourth-order valence-electron chi connectivity index (χ4n) is 3.59. The molecule has 0 saturated carbocycles. The predicted molar refractivity (Wildman–Crippen MR) is 113 cm³/mol. The molecule has 4 heterocycles. The summed E-state index contributed by atoms with van der Waals surface area (Å²) in [5.41, 5.74) is 2.76. The zero-order valence-corrected chi connectivity index (χ0v) is 17.5. The predicted octanol–water partition coefficient (Wildman–Crippen LogP) is 4.28. The molecule has 1 saturated heterocycles. The number of pyridine rings is 1. The number of likely N-dealkylation sites (tertiary alicyclic amines) is 1. The Bertz CT molecular complexity index is 950. The van der Waals surface area contributed by atoms with Crippen molar-refractivity contribution in [2.45, 2.75) is 39.7 Å². The van der Waals surface area contributed by atoms with Crippen LogP contribution in [0.3, 0.4) is 0 Å². The minimum Gasteiger partial charge on any atom is -0.300 e. The quantitative estimate of drug-likeness (QED) is 0.652. The third-order valence-electron chi connectivity index (χ3n) is 5.22. The number of thiazole rings is 1. The summed E-state index contributed by atoms with van der Waals surface area (Å²) in [7, 11) is 0. The Hall–Kier alpha value is -2.45. The van der Waals surface area contributed by atoms with Crippen molar-refractivity contribution >= 4 is 22.4 Å². The minimum absolute atomic E-state index is 0.334. The molecule has 0 atom stereocenters. The van der Waals surface area contributed by atoms with Crippen LogP contribution in [0.1, 0.15) is 34.7 Å². The molecule has 3 aromatic heterocycles. The number of anilines is 2. The number of rotatable bonds is 6. The fourth-order valence-corrected chi connectivity index (χ4v) is 4.24. The summed E-state index contributed by atoms with van der Waals surface area (Å²) in [4.78, 5) is 20.6. The van der Waals surface area contributed by atoms with E-state index in [0.717, 1.165) is 48.2 Å². The lowest BCUT2D eigenvalue weighted by Crippen LogP contribution is -2.34. The molecule has 1 aliphatic heterocycles. The van der Waals surface area contributed by atoms with E-state index in [1.165, 1.54) is 23.1 Å². The van der Waals surface area contributed by atoms with E-state index in [0.29, 0.717) is 24.0 Å². The average molecular weight is 413 g/mol. The Morgan fingerprint density at radius 3 is 2.62 bits per heavy atom. The molecule has 1 aliphatic rings. The second-order valence-electron chi connectivity index (χ2n) is 7.62. The van der Waals surface area contributed by atoms with Crippen molar-refractivity contribution in [3.63, 3.8) is 0 Å². The second kappa shape index (κ2) is 8.92. The van der Waals surface area contributed by atoms with Gasteiger partial charge >= 0.3 is 0 Å². The molecule has 6 nitrogen and oxygen atoms in total. The second-order valence-corrected chi connectivity index (χ2v) is 8.86. The standard InChI is InChI=1S/C21H25FN6S/c1-14-3-4-17(11-23-14)13-28-7-5-16(6-8-28)9-19-18(22)12-24-20(26-19)27-21-25-10-15(2)29-21/h3-4,10-12,16H,5-9,13H2,1-2H3,(H,24,25,26,27). The van der Waals surface area contributed by atoms with Gasteiger partial charge in [0.25, 0.3) is 0 Å². The number of hydrogen-bond acceptors (Lipinski definition) is 7. The van der Waals surface area contributed by atoms with E-state index in [1.54, 1.807) is 6.20 Å². The Morgan fingerprint density at radius 1 is 1.10 bits per heavy atom. The summed E-state index contributed by atoms with van der Waals surface area (Å²) in [6, 6.07) is 4.20. The van der Waals surface area contributed by atoms with E-state index >= 15 is 0 Å². The Kier molecular flexibility index (Phi) is 6.10. The molecule has 0 radical (unpaired) electrons. The van der Waals surface area contributed by atoms with Crippen molar-refractivity contribution < 1.29 is 4.39 Å². The number of nitrogens with zero attached hydrogens (tertiary/aromatic N) is 5. The number of nitrogens with one attached hydrogen (secondary N) is 1. The van der Waals surface area contributed by atoms with Crippen molar-refractivity contribution in [2.75, 3.05) is 18.4 Å². The maximum Gasteiger partial charge on any atom is 0.229 e. The van der Waals surface area contributed by atoms with E-state index in [4.69, 9.17) is 0 Å². The molecule has 1 N–H and O–H groups in total. The highest BCUT2D eigenvalue weighted by Crippen LogP contribution is 2.25. The maximum absolute atomic E-state index is 14.3. The molecular formula is C21H25FN6S. The molecule has 0 aliphatic carbocycles. The van der Waals surface area contributed by atoms with Crippen LogP contribution in [0.15, 0.2) is 30.7 Å². The highest BCUT2D eigenvalue weighted by Gasteiger charge is 2.22. The van der Waals surface area contributed by atoms with Crippen LogP contribution in [0, 0.1) is 25.6 Å². The number of halogens is 1. The van der Waals surface area contributed by atoms with Crippen LogP contribution in [0.2, 0.25) is 0 Å². The number of aromatic nitrogens is 4. The fraction of sp³-hybridized carbons (Fsp3) is 0.429. The van der Waals surface area contributed by atoms with E-state index in [9.17, 15) is 4.39 Å². The molecule has 8 heteroatoms. The Morgan fingerprint density at radius 2 is 1.93 bits per heavy atom. The van der Waals surface area contributed by atoms with Gasteiger partial charge in [-0.15, -0.1) is 11.3 Å². The molecule has 0 spiro atoms.